The first-order valence-electron chi connectivity index (χ1n) is 9.30. The fourth-order valence-electron chi connectivity index (χ4n) is 4.41. The van der Waals surface area contributed by atoms with Crippen molar-refractivity contribution in [2.24, 2.45) is 0 Å². The van der Waals surface area contributed by atoms with Crippen LogP contribution in [0.15, 0.2) is 42.5 Å². The van der Waals surface area contributed by atoms with E-state index in [0.29, 0.717) is 0 Å². The summed E-state index contributed by atoms with van der Waals surface area (Å²) in [6, 6.07) is 15.1. The summed E-state index contributed by atoms with van der Waals surface area (Å²) in [4.78, 5) is 3.41. The highest BCUT2D eigenvalue weighted by Gasteiger charge is 2.18. The van der Waals surface area contributed by atoms with Crippen LogP contribution in [-0.4, -0.2) is 11.0 Å². The van der Waals surface area contributed by atoms with Crippen molar-refractivity contribution in [1.82, 2.24) is 0 Å². The van der Waals surface area contributed by atoms with Crippen LogP contribution in [0.4, 0.5) is 0 Å². The van der Waals surface area contributed by atoms with Gasteiger partial charge in [0.25, 0.3) is 6.21 Å². The first kappa shape index (κ1) is 18.8. The number of nitrogens with zero attached hydrogens (tertiary/aromatic N) is 2. The fraction of sp³-hybridized carbons (Fsp3) is 0.240. The monoisotopic (exact) mass is 354 g/mol. The van der Waals surface area contributed by atoms with Crippen molar-refractivity contribution in [2.45, 2.75) is 41.5 Å². The lowest BCUT2D eigenvalue weighted by atomic mass is 9.85. The molecule has 0 atom stereocenters. The largest absolute Gasteiger partial charge is 0.361 e. The molecule has 0 heterocycles. The van der Waals surface area contributed by atoms with Crippen LogP contribution in [0.25, 0.3) is 27.8 Å². The molecule has 0 aliphatic rings. The molecule has 3 aromatic carbocycles. The Labute approximate surface area is 162 Å². The normalized spacial score (nSPS) is 10.6. The van der Waals surface area contributed by atoms with Gasteiger partial charge >= 0.3 is 0 Å². The summed E-state index contributed by atoms with van der Waals surface area (Å²) in [5, 5.41) is 0. The molecule has 0 fully saturated rings. The van der Waals surface area contributed by atoms with Crippen LogP contribution < -0.4 is 0 Å². The number of rotatable bonds is 3. The molecule has 0 aliphatic carbocycles. The van der Waals surface area contributed by atoms with E-state index in [0.717, 1.165) is 16.7 Å². The lowest BCUT2D eigenvalue weighted by Crippen LogP contribution is -2.00. The summed E-state index contributed by atoms with van der Waals surface area (Å²) < 4.78 is 0. The Balaban J connectivity index is 2.39. The van der Waals surface area contributed by atoms with Crippen LogP contribution in [0.3, 0.4) is 0 Å². The van der Waals surface area contributed by atoms with E-state index in [2.05, 4.69) is 88.8 Å². The quantitative estimate of drug-likeness (QED) is 0.292. The number of hydrogen-bond donors (Lipinski definition) is 0. The van der Waals surface area contributed by atoms with Crippen molar-refractivity contribution >= 4 is 6.21 Å². The van der Waals surface area contributed by atoms with E-state index in [9.17, 15) is 5.53 Å². The van der Waals surface area contributed by atoms with Crippen molar-refractivity contribution in [3.8, 4) is 22.3 Å². The van der Waals surface area contributed by atoms with E-state index in [1.165, 1.54) is 44.5 Å². The molecular formula is C25H26N2. The maximum absolute atomic E-state index is 9.40. The maximum atomic E-state index is 9.40. The molecule has 0 radical (unpaired) electrons. The predicted molar refractivity (Wildman–Crippen MR) is 115 cm³/mol. The van der Waals surface area contributed by atoms with E-state index in [4.69, 9.17) is 0 Å². The molecular weight excluding hydrogens is 328 g/mol. The Morgan fingerprint density at radius 1 is 0.667 bits per heavy atom. The van der Waals surface area contributed by atoms with Crippen molar-refractivity contribution in [2.75, 3.05) is 0 Å². The first-order valence-corrected chi connectivity index (χ1v) is 9.30. The fourth-order valence-corrected chi connectivity index (χ4v) is 4.41. The molecule has 0 aromatic heterocycles. The third-order valence-electron chi connectivity index (χ3n) is 5.19. The second-order valence-electron chi connectivity index (χ2n) is 7.56. The average Bonchev–Trinajstić information content (AvgIpc) is 2.55. The highest BCUT2D eigenvalue weighted by molar-refractivity contribution is 5.98. The van der Waals surface area contributed by atoms with Crippen LogP contribution in [0.2, 0.25) is 0 Å². The molecule has 0 spiro atoms. The smallest absolute Gasteiger partial charge is 0.288 e. The van der Waals surface area contributed by atoms with Crippen LogP contribution in [0.1, 0.15) is 38.9 Å². The van der Waals surface area contributed by atoms with Gasteiger partial charge in [-0.3, -0.25) is 0 Å². The average molecular weight is 354 g/mol. The lowest BCUT2D eigenvalue weighted by Gasteiger charge is -2.18. The summed E-state index contributed by atoms with van der Waals surface area (Å²) in [5.41, 5.74) is 22.4. The standard InChI is InChI=1S/C25H26N2/c1-15-10-17(3)24(18(4)11-15)21-8-7-9-22(23(21)14-27-26)25-19(5)12-16(2)13-20(25)6/h7-14H,1-6H3. The van der Waals surface area contributed by atoms with Gasteiger partial charge in [0, 0.05) is 0 Å². The second-order valence-corrected chi connectivity index (χ2v) is 7.56. The number of hydrogen-bond acceptors (Lipinski definition) is 0. The number of benzene rings is 3. The topological polar surface area (TPSA) is 36.4 Å². The molecule has 0 aliphatic heterocycles. The molecule has 0 unspecified atom stereocenters. The zero-order valence-electron chi connectivity index (χ0n) is 17.0. The zero-order chi connectivity index (χ0) is 19.7. The van der Waals surface area contributed by atoms with Gasteiger partial charge in [0.2, 0.25) is 0 Å². The third kappa shape index (κ3) is 3.49. The van der Waals surface area contributed by atoms with Crippen molar-refractivity contribution in [3.05, 3.63) is 86.9 Å². The molecule has 3 aromatic rings. The summed E-state index contributed by atoms with van der Waals surface area (Å²) in [6.45, 7) is 12.8. The second kappa shape index (κ2) is 7.34. The molecule has 136 valence electrons. The summed E-state index contributed by atoms with van der Waals surface area (Å²) >= 11 is 0. The van der Waals surface area contributed by atoms with Gasteiger partial charge in [-0.1, -0.05) is 53.6 Å². The van der Waals surface area contributed by atoms with Crippen molar-refractivity contribution < 1.29 is 4.79 Å². The van der Waals surface area contributed by atoms with Crippen molar-refractivity contribution in [3.63, 3.8) is 0 Å². The van der Waals surface area contributed by atoms with Crippen LogP contribution in [0, 0.1) is 41.5 Å². The van der Waals surface area contributed by atoms with Crippen LogP contribution in [-0.2, 0) is 0 Å². The highest BCUT2D eigenvalue weighted by atomic mass is 14.8. The molecule has 27 heavy (non-hydrogen) atoms. The molecule has 0 saturated heterocycles. The molecule has 3 rings (SSSR count). The molecule has 0 saturated carbocycles. The Bertz CT molecular complexity index is 962. The zero-order valence-corrected chi connectivity index (χ0v) is 17.0. The van der Waals surface area contributed by atoms with E-state index in [-0.39, 0.29) is 0 Å². The Hall–Kier alpha value is -2.96. The van der Waals surface area contributed by atoms with E-state index in [1.54, 1.807) is 6.21 Å². The maximum Gasteiger partial charge on any atom is 0.288 e. The Morgan fingerprint density at radius 3 is 1.37 bits per heavy atom. The van der Waals surface area contributed by atoms with Crippen molar-refractivity contribution in [1.29, 1.82) is 0 Å². The van der Waals surface area contributed by atoms with E-state index in [1.807, 2.05) is 0 Å². The Morgan fingerprint density at radius 2 is 1.04 bits per heavy atom. The van der Waals surface area contributed by atoms with Gasteiger partial charge in [0.05, 0.1) is 5.56 Å². The van der Waals surface area contributed by atoms with Gasteiger partial charge in [-0.15, -0.1) is 0 Å². The molecule has 0 amide bonds. The molecule has 0 N–H and O–H groups in total. The highest BCUT2D eigenvalue weighted by Crippen LogP contribution is 2.37. The van der Waals surface area contributed by atoms with Gasteiger partial charge in [-0.2, -0.15) is 4.79 Å². The van der Waals surface area contributed by atoms with Gasteiger partial charge < -0.3 is 5.53 Å². The number of aryl methyl sites for hydroxylation is 6. The van der Waals surface area contributed by atoms with Crippen LogP contribution >= 0.6 is 0 Å². The third-order valence-corrected chi connectivity index (χ3v) is 5.19. The SMILES string of the molecule is Cc1cc(C)c(-c2cccc(-c3c(C)cc(C)cc3C)c2C=[N+]=[N-])c(C)c1. The predicted octanol–water partition coefficient (Wildman–Crippen LogP) is 6.52. The van der Waals surface area contributed by atoms with Crippen LogP contribution in [0.5, 0.6) is 0 Å². The minimum absolute atomic E-state index is 0.949. The minimum atomic E-state index is 0.949. The lowest BCUT2D eigenvalue weighted by molar-refractivity contribution is 0.00464. The summed E-state index contributed by atoms with van der Waals surface area (Å²) in [5.74, 6) is 0. The Kier molecular flexibility index (Phi) is 5.12. The van der Waals surface area contributed by atoms with E-state index < -0.39 is 0 Å². The van der Waals surface area contributed by atoms with Gasteiger partial charge in [-0.25, -0.2) is 0 Å². The molecule has 2 nitrogen and oxygen atoms in total. The minimum Gasteiger partial charge on any atom is -0.361 e. The molecule has 2 heteroatoms. The van der Waals surface area contributed by atoms with E-state index >= 15 is 0 Å². The first-order chi connectivity index (χ1) is 12.8. The van der Waals surface area contributed by atoms with Gasteiger partial charge in [0.15, 0.2) is 0 Å². The molecule has 0 bridgehead atoms. The summed E-state index contributed by atoms with van der Waals surface area (Å²) in [6.07, 6.45) is 1.57. The van der Waals surface area contributed by atoms with Gasteiger partial charge in [-0.05, 0) is 86.1 Å². The van der Waals surface area contributed by atoms with Gasteiger partial charge in [0.1, 0.15) is 0 Å². The summed E-state index contributed by atoms with van der Waals surface area (Å²) in [7, 11) is 0.